The fourth-order valence-electron chi connectivity index (χ4n) is 3.33. The Morgan fingerprint density at radius 2 is 1.65 bits per heavy atom. The quantitative estimate of drug-likeness (QED) is 0.730. The minimum atomic E-state index is -2.08. The summed E-state index contributed by atoms with van der Waals surface area (Å²) in [7, 11) is 18.8. The number of phenolic OH excluding ortho intramolecular Hbond substituents is 1. The van der Waals surface area contributed by atoms with Crippen molar-refractivity contribution in [3.8, 4) is 5.75 Å². The van der Waals surface area contributed by atoms with Crippen molar-refractivity contribution in [3.05, 3.63) is 30.0 Å². The maximum absolute atomic E-state index is 11.0. The number of nitrogens with zero attached hydrogens (tertiary/aromatic N) is 1. The fraction of sp³-hybridized carbons (Fsp3) is 0.500. The van der Waals surface area contributed by atoms with Gasteiger partial charge in [-0.3, -0.25) is 0 Å². The molecule has 2 aromatic rings. The molecule has 0 fully saturated rings. The Balaban J connectivity index is 2.63. The van der Waals surface area contributed by atoms with Crippen LogP contribution in [0.2, 0.25) is 0 Å². The van der Waals surface area contributed by atoms with E-state index >= 15 is 0 Å². The van der Waals surface area contributed by atoms with E-state index in [1.807, 2.05) is 27.7 Å². The van der Waals surface area contributed by atoms with Crippen LogP contribution in [0.25, 0.3) is 10.9 Å². The van der Waals surface area contributed by atoms with E-state index < -0.39 is 10.8 Å². The first-order valence-corrected chi connectivity index (χ1v) is 7.68. The second kappa shape index (κ2) is 5.95. The molecular weight excluding hydrogens is 285 g/mol. The number of benzene rings is 1. The zero-order valence-corrected chi connectivity index (χ0v) is 14.0. The van der Waals surface area contributed by atoms with Gasteiger partial charge in [0.05, 0.1) is 21.2 Å². The summed E-state index contributed by atoms with van der Waals surface area (Å²) in [6, 6.07) is 4.90. The topological polar surface area (TPSA) is 59.5 Å². The van der Waals surface area contributed by atoms with Gasteiger partial charge in [-0.15, -0.1) is 0 Å². The highest BCUT2D eigenvalue weighted by Gasteiger charge is 2.46. The highest BCUT2D eigenvalue weighted by Crippen LogP contribution is 2.39. The Morgan fingerprint density at radius 3 is 2.17 bits per heavy atom. The van der Waals surface area contributed by atoms with E-state index in [-0.39, 0.29) is 23.4 Å². The first-order valence-electron chi connectivity index (χ1n) is 7.68. The lowest BCUT2D eigenvalue weighted by Crippen LogP contribution is -2.67. The maximum atomic E-state index is 11.0. The Labute approximate surface area is 141 Å². The molecule has 1 unspecified atom stereocenters. The van der Waals surface area contributed by atoms with Crippen LogP contribution in [0.5, 0.6) is 5.75 Å². The number of fused-ring (bicyclic) bond motifs is 1. The van der Waals surface area contributed by atoms with Crippen LogP contribution in [0.1, 0.15) is 33.3 Å². The van der Waals surface area contributed by atoms with Crippen molar-refractivity contribution in [1.82, 2.24) is 9.88 Å². The molecule has 2 rings (SSSR count). The van der Waals surface area contributed by atoms with Crippen LogP contribution in [0.4, 0.5) is 0 Å². The predicted octanol–water partition coefficient (Wildman–Crippen LogP) is 1.30. The van der Waals surface area contributed by atoms with Crippen LogP contribution < -0.4 is 0 Å². The van der Waals surface area contributed by atoms with Gasteiger partial charge in [0, 0.05) is 34.7 Å². The number of rotatable bonds is 5. The first kappa shape index (κ1) is 18.0. The fourth-order valence-corrected chi connectivity index (χ4v) is 3.33. The SMILES string of the molecule is [B]C(O)(c1c[nH]c2cccc(O)c12)C([B])([B])N(C(C)C)C(C)C. The summed E-state index contributed by atoms with van der Waals surface area (Å²) in [5.74, 6) is -0.000862. The lowest BCUT2D eigenvalue weighted by Gasteiger charge is -2.54. The third-order valence-electron chi connectivity index (χ3n) is 4.24. The largest absolute Gasteiger partial charge is 0.507 e. The molecule has 0 saturated carbocycles. The number of aromatic hydroxyl groups is 1. The van der Waals surface area contributed by atoms with Crippen molar-refractivity contribution in [2.45, 2.75) is 50.6 Å². The molecule has 116 valence electrons. The predicted molar refractivity (Wildman–Crippen MR) is 96.0 cm³/mol. The number of aromatic nitrogens is 1. The van der Waals surface area contributed by atoms with Crippen LogP contribution in [-0.4, -0.2) is 61.1 Å². The summed E-state index contributed by atoms with van der Waals surface area (Å²) in [6.45, 7) is 7.71. The Hall–Kier alpha value is -1.33. The molecule has 0 amide bonds. The lowest BCUT2D eigenvalue weighted by molar-refractivity contribution is -0.000673. The minimum Gasteiger partial charge on any atom is -0.507 e. The van der Waals surface area contributed by atoms with Crippen molar-refractivity contribution in [2.24, 2.45) is 0 Å². The molecule has 3 N–H and O–H groups in total. The summed E-state index contributed by atoms with van der Waals surface area (Å²) in [5, 5.41) is 19.9. The van der Waals surface area contributed by atoms with E-state index in [0.29, 0.717) is 10.9 Å². The summed E-state index contributed by atoms with van der Waals surface area (Å²) in [6.07, 6.45) is 1.53. The molecule has 1 heterocycles. The van der Waals surface area contributed by atoms with E-state index in [1.165, 1.54) is 12.3 Å². The van der Waals surface area contributed by atoms with Crippen molar-refractivity contribution >= 4 is 34.4 Å². The number of hydrogen-bond acceptors (Lipinski definition) is 3. The zero-order chi connectivity index (χ0) is 17.6. The zero-order valence-electron chi connectivity index (χ0n) is 14.0. The number of nitrogens with one attached hydrogen (secondary N) is 1. The molecule has 0 aliphatic heterocycles. The Morgan fingerprint density at radius 1 is 1.09 bits per heavy atom. The number of phenols is 1. The van der Waals surface area contributed by atoms with Gasteiger partial charge < -0.3 is 20.1 Å². The van der Waals surface area contributed by atoms with Gasteiger partial charge in [0.1, 0.15) is 13.6 Å². The van der Waals surface area contributed by atoms with Crippen molar-refractivity contribution in [3.63, 3.8) is 0 Å². The van der Waals surface area contributed by atoms with E-state index in [1.54, 1.807) is 17.0 Å². The normalized spacial score (nSPS) is 15.7. The summed E-state index contributed by atoms with van der Waals surface area (Å²) in [4.78, 5) is 4.72. The Kier molecular flexibility index (Phi) is 4.66. The lowest BCUT2D eigenvalue weighted by atomic mass is 9.43. The van der Waals surface area contributed by atoms with Gasteiger partial charge in [-0.1, -0.05) is 6.07 Å². The molecule has 0 bridgehead atoms. The highest BCUT2D eigenvalue weighted by atomic mass is 16.3. The van der Waals surface area contributed by atoms with Gasteiger partial charge in [0.2, 0.25) is 0 Å². The van der Waals surface area contributed by atoms with E-state index in [4.69, 9.17) is 23.5 Å². The monoisotopic (exact) mass is 306 g/mol. The van der Waals surface area contributed by atoms with Crippen LogP contribution in [0, 0.1) is 0 Å². The third kappa shape index (κ3) is 2.81. The van der Waals surface area contributed by atoms with Crippen LogP contribution >= 0.6 is 0 Å². The van der Waals surface area contributed by atoms with Gasteiger partial charge >= 0.3 is 0 Å². The number of H-pyrrole nitrogens is 1. The number of aromatic amines is 1. The Bertz CT molecular complexity index is 688. The van der Waals surface area contributed by atoms with Crippen LogP contribution in [0.15, 0.2) is 24.4 Å². The van der Waals surface area contributed by atoms with E-state index in [0.717, 1.165) is 0 Å². The molecule has 0 saturated heterocycles. The molecular formula is C16H21B3N2O2. The standard InChI is InChI=1S/C16H21B3N2O2/c1-9(2)21(10(3)4)16(18,19)15(17,23)11-8-20-12-6-5-7-13(22)14(11)12/h5-10,20,22-23H,1-4H3. The average Bonchev–Trinajstić information content (AvgIpc) is 2.82. The van der Waals surface area contributed by atoms with Crippen molar-refractivity contribution in [2.75, 3.05) is 0 Å². The molecule has 1 aromatic carbocycles. The molecule has 23 heavy (non-hydrogen) atoms. The van der Waals surface area contributed by atoms with Gasteiger partial charge in [-0.25, -0.2) is 0 Å². The third-order valence-corrected chi connectivity index (χ3v) is 4.24. The van der Waals surface area contributed by atoms with Crippen LogP contribution in [0.3, 0.4) is 0 Å². The second-order valence-corrected chi connectivity index (χ2v) is 6.59. The molecule has 0 aliphatic rings. The van der Waals surface area contributed by atoms with Gasteiger partial charge in [-0.2, -0.15) is 0 Å². The van der Waals surface area contributed by atoms with Crippen LogP contribution in [-0.2, 0) is 5.50 Å². The molecule has 7 heteroatoms. The molecule has 1 aromatic heterocycles. The number of hydrogen-bond donors (Lipinski definition) is 3. The van der Waals surface area contributed by atoms with Gasteiger partial charge in [-0.05, 0) is 45.2 Å². The molecule has 0 aliphatic carbocycles. The number of aliphatic hydroxyl groups is 1. The van der Waals surface area contributed by atoms with Crippen molar-refractivity contribution in [1.29, 1.82) is 0 Å². The van der Waals surface area contributed by atoms with Gasteiger partial charge in [0.25, 0.3) is 0 Å². The molecule has 0 spiro atoms. The van der Waals surface area contributed by atoms with Gasteiger partial charge in [0.15, 0.2) is 0 Å². The smallest absolute Gasteiger partial charge is 0.125 e. The van der Waals surface area contributed by atoms with E-state index in [9.17, 15) is 10.2 Å². The summed E-state index contributed by atoms with van der Waals surface area (Å²) >= 11 is 0. The van der Waals surface area contributed by atoms with Crippen molar-refractivity contribution < 1.29 is 10.2 Å². The average molecular weight is 306 g/mol. The minimum absolute atomic E-state index is 0.000862. The highest BCUT2D eigenvalue weighted by molar-refractivity contribution is 6.45. The second-order valence-electron chi connectivity index (χ2n) is 6.59. The first-order chi connectivity index (χ1) is 10.5. The summed E-state index contributed by atoms with van der Waals surface area (Å²) in [5.41, 5.74) is -1.19. The molecule has 4 nitrogen and oxygen atoms in total. The summed E-state index contributed by atoms with van der Waals surface area (Å²) < 4.78 is 0. The molecule has 6 radical (unpaired) electrons. The maximum Gasteiger partial charge on any atom is 0.125 e. The van der Waals surface area contributed by atoms with E-state index in [2.05, 4.69) is 4.98 Å². The molecule has 1 atom stereocenters.